The number of benzene rings is 2. The molecule has 4 heteroatoms. The van der Waals surface area contributed by atoms with Crippen molar-refractivity contribution >= 4 is 28.5 Å². The highest BCUT2D eigenvalue weighted by molar-refractivity contribution is 7.99. The number of ether oxygens (including phenoxy) is 2. The molecule has 0 saturated heterocycles. The van der Waals surface area contributed by atoms with E-state index in [0.29, 0.717) is 24.5 Å². The van der Waals surface area contributed by atoms with Gasteiger partial charge in [0.15, 0.2) is 0 Å². The molecule has 0 aliphatic rings. The number of carbonyl (C=O) groups excluding carboxylic acids is 1. The Bertz CT molecular complexity index is 694. The highest BCUT2D eigenvalue weighted by Crippen LogP contribution is 2.23. The highest BCUT2D eigenvalue weighted by Gasteiger charge is 2.08. The summed E-state index contributed by atoms with van der Waals surface area (Å²) in [5.41, 5.74) is 0.322. The molecule has 120 valence electrons. The van der Waals surface area contributed by atoms with Crippen LogP contribution in [-0.4, -0.2) is 31.5 Å². The lowest BCUT2D eigenvalue weighted by atomic mass is 10.1. The predicted molar refractivity (Wildman–Crippen MR) is 95.8 cm³/mol. The largest absolute Gasteiger partial charge is 0.461 e. The summed E-state index contributed by atoms with van der Waals surface area (Å²) in [6, 6.07) is 14.6. The van der Waals surface area contributed by atoms with Gasteiger partial charge in [-0.2, -0.15) is 0 Å². The van der Waals surface area contributed by atoms with Crippen LogP contribution < -0.4 is 0 Å². The number of fused-ring (bicyclic) bond motifs is 1. The quantitative estimate of drug-likeness (QED) is 0.227. The van der Waals surface area contributed by atoms with Crippen LogP contribution in [0.1, 0.15) is 0 Å². The highest BCUT2D eigenvalue weighted by atomic mass is 32.2. The first-order valence-electron chi connectivity index (χ1n) is 7.36. The van der Waals surface area contributed by atoms with Gasteiger partial charge in [-0.1, -0.05) is 43.0 Å². The Labute approximate surface area is 141 Å². The van der Waals surface area contributed by atoms with Crippen molar-refractivity contribution in [1.82, 2.24) is 0 Å². The van der Waals surface area contributed by atoms with Crippen LogP contribution in [0.5, 0.6) is 0 Å². The second kappa shape index (κ2) is 9.18. The third-order valence-corrected chi connectivity index (χ3v) is 4.06. The van der Waals surface area contributed by atoms with Gasteiger partial charge in [0.1, 0.15) is 6.61 Å². The Balaban J connectivity index is 1.72. The molecule has 0 fully saturated rings. The van der Waals surface area contributed by atoms with Crippen molar-refractivity contribution in [2.24, 2.45) is 0 Å². The summed E-state index contributed by atoms with van der Waals surface area (Å²) in [4.78, 5) is 12.8. The summed E-state index contributed by atoms with van der Waals surface area (Å²) in [5.74, 6) is 0.290. The first-order valence-corrected chi connectivity index (χ1v) is 8.34. The van der Waals surface area contributed by atoms with Gasteiger partial charge in [0, 0.05) is 10.6 Å². The fourth-order valence-corrected chi connectivity index (χ4v) is 2.75. The molecule has 2 rings (SSSR count). The summed E-state index contributed by atoms with van der Waals surface area (Å²) in [6.45, 7) is 8.10. The van der Waals surface area contributed by atoms with Crippen LogP contribution in [0.15, 0.2) is 72.2 Å². The van der Waals surface area contributed by atoms with Crippen molar-refractivity contribution in [2.75, 3.05) is 25.6 Å². The third-order valence-electron chi connectivity index (χ3n) is 3.11. The molecule has 3 nitrogen and oxygen atoms in total. The Hall–Kier alpha value is -2.04. The fourth-order valence-electron chi connectivity index (χ4n) is 1.98. The molecule has 0 bridgehead atoms. The molecular formula is C19H20O3S. The number of carbonyl (C=O) groups is 1. The normalized spacial score (nSPS) is 10.4. The molecule has 0 aliphatic carbocycles. The maximum atomic E-state index is 11.7. The maximum absolute atomic E-state index is 11.7. The van der Waals surface area contributed by atoms with E-state index in [1.165, 1.54) is 10.8 Å². The summed E-state index contributed by atoms with van der Waals surface area (Å²) in [7, 11) is 0. The van der Waals surface area contributed by atoms with E-state index in [1.807, 2.05) is 12.1 Å². The van der Waals surface area contributed by atoms with Crippen LogP contribution in [0.25, 0.3) is 10.8 Å². The van der Waals surface area contributed by atoms with E-state index >= 15 is 0 Å². The van der Waals surface area contributed by atoms with E-state index in [9.17, 15) is 4.79 Å². The molecule has 0 N–H and O–H groups in total. The summed E-state index contributed by atoms with van der Waals surface area (Å²) in [5, 5.41) is 2.43. The Morgan fingerprint density at radius 2 is 1.96 bits per heavy atom. The molecule has 0 aromatic heterocycles. The first-order chi connectivity index (χ1) is 11.2. The lowest BCUT2D eigenvalue weighted by molar-refractivity contribution is -0.139. The summed E-state index contributed by atoms with van der Waals surface area (Å²) >= 11 is 1.66. The molecule has 23 heavy (non-hydrogen) atoms. The molecule has 0 heterocycles. The molecule has 0 saturated carbocycles. The molecule has 0 aliphatic heterocycles. The average molecular weight is 328 g/mol. The lowest BCUT2D eigenvalue weighted by Gasteiger charge is -2.07. The smallest absolute Gasteiger partial charge is 0.335 e. The topological polar surface area (TPSA) is 35.5 Å². The summed E-state index contributed by atoms with van der Waals surface area (Å²) in [6.07, 6.45) is 1.62. The van der Waals surface area contributed by atoms with E-state index in [2.05, 4.69) is 43.5 Å². The Morgan fingerprint density at radius 1 is 1.17 bits per heavy atom. The monoisotopic (exact) mass is 328 g/mol. The van der Waals surface area contributed by atoms with Crippen LogP contribution in [0.2, 0.25) is 0 Å². The van der Waals surface area contributed by atoms with Crippen LogP contribution in [0.3, 0.4) is 0 Å². The second-order valence-electron chi connectivity index (χ2n) is 4.90. The molecule has 2 aromatic rings. The van der Waals surface area contributed by atoms with Gasteiger partial charge >= 0.3 is 5.97 Å². The van der Waals surface area contributed by atoms with Gasteiger partial charge in [-0.05, 0) is 22.9 Å². The van der Waals surface area contributed by atoms with Crippen molar-refractivity contribution < 1.29 is 14.3 Å². The zero-order valence-electron chi connectivity index (χ0n) is 13.0. The minimum Gasteiger partial charge on any atom is -0.461 e. The fraction of sp³-hybridized carbons (Fsp3) is 0.211. The number of thioether (sulfide) groups is 1. The number of esters is 1. The van der Waals surface area contributed by atoms with Crippen molar-refractivity contribution in [3.63, 3.8) is 0 Å². The van der Waals surface area contributed by atoms with Gasteiger partial charge in [0.05, 0.1) is 18.8 Å². The van der Waals surface area contributed by atoms with Crippen molar-refractivity contribution in [3.05, 3.63) is 67.3 Å². The zero-order valence-corrected chi connectivity index (χ0v) is 13.8. The number of hydrogen-bond acceptors (Lipinski definition) is 4. The van der Waals surface area contributed by atoms with E-state index in [0.717, 1.165) is 4.90 Å². The average Bonchev–Trinajstić information content (AvgIpc) is 2.58. The molecule has 2 aromatic carbocycles. The minimum absolute atomic E-state index is 0.169. The van der Waals surface area contributed by atoms with Crippen LogP contribution in [-0.2, 0) is 14.3 Å². The second-order valence-corrected chi connectivity index (χ2v) is 6.07. The molecule has 0 spiro atoms. The Morgan fingerprint density at radius 3 is 2.74 bits per heavy atom. The van der Waals surface area contributed by atoms with Gasteiger partial charge in [0.2, 0.25) is 0 Å². The predicted octanol–water partition coefficient (Wildman–Crippen LogP) is 4.23. The van der Waals surface area contributed by atoms with Crippen molar-refractivity contribution in [2.45, 2.75) is 4.90 Å². The first kappa shape index (κ1) is 17.3. The molecule has 0 amide bonds. The van der Waals surface area contributed by atoms with Crippen LogP contribution in [0, 0.1) is 0 Å². The molecule has 0 unspecified atom stereocenters. The van der Waals surface area contributed by atoms with Crippen LogP contribution >= 0.6 is 11.8 Å². The van der Waals surface area contributed by atoms with Crippen molar-refractivity contribution in [3.8, 4) is 0 Å². The van der Waals surface area contributed by atoms with E-state index < -0.39 is 5.97 Å². The SMILES string of the molecule is C=CCOCC(=C)C(=O)OCCSc1ccc2ccccc2c1. The Kier molecular flexibility index (Phi) is 6.91. The maximum Gasteiger partial charge on any atom is 0.335 e. The van der Waals surface area contributed by atoms with Crippen molar-refractivity contribution in [1.29, 1.82) is 0 Å². The van der Waals surface area contributed by atoms with Gasteiger partial charge < -0.3 is 9.47 Å². The molecule has 0 atom stereocenters. The van der Waals surface area contributed by atoms with E-state index in [4.69, 9.17) is 9.47 Å². The minimum atomic E-state index is -0.409. The van der Waals surface area contributed by atoms with Gasteiger partial charge in [0.25, 0.3) is 0 Å². The number of rotatable bonds is 9. The van der Waals surface area contributed by atoms with Gasteiger partial charge in [-0.15, -0.1) is 18.3 Å². The third kappa shape index (κ3) is 5.58. The molecular weight excluding hydrogens is 308 g/mol. The zero-order chi connectivity index (χ0) is 16.5. The molecule has 0 radical (unpaired) electrons. The van der Waals surface area contributed by atoms with Gasteiger partial charge in [-0.3, -0.25) is 0 Å². The lowest BCUT2D eigenvalue weighted by Crippen LogP contribution is -2.13. The van der Waals surface area contributed by atoms with Gasteiger partial charge in [-0.25, -0.2) is 4.79 Å². The number of hydrogen-bond donors (Lipinski definition) is 0. The van der Waals surface area contributed by atoms with E-state index in [-0.39, 0.29) is 6.61 Å². The summed E-state index contributed by atoms with van der Waals surface area (Å²) < 4.78 is 10.3. The van der Waals surface area contributed by atoms with Crippen LogP contribution in [0.4, 0.5) is 0 Å². The van der Waals surface area contributed by atoms with E-state index in [1.54, 1.807) is 17.8 Å². The standard InChI is InChI=1S/C19H20O3S/c1-3-10-21-14-15(2)19(20)22-11-12-23-18-9-8-16-6-4-5-7-17(16)13-18/h3-9,13H,1-2,10-12,14H2.